The van der Waals surface area contributed by atoms with Gasteiger partial charge in [-0.15, -0.1) is 0 Å². The van der Waals surface area contributed by atoms with E-state index < -0.39 is 0 Å². The predicted octanol–water partition coefficient (Wildman–Crippen LogP) is 2.77. The third-order valence-electron chi connectivity index (χ3n) is 2.89. The van der Waals surface area contributed by atoms with Crippen molar-refractivity contribution in [3.05, 3.63) is 29.8 Å². The van der Waals surface area contributed by atoms with Crippen molar-refractivity contribution in [1.82, 2.24) is 0 Å². The molecule has 0 spiro atoms. The molecule has 0 radical (unpaired) electrons. The summed E-state index contributed by atoms with van der Waals surface area (Å²) in [5.74, 6) is 1.02. The molecule has 1 N–H and O–H groups in total. The summed E-state index contributed by atoms with van der Waals surface area (Å²) < 4.78 is 0. The van der Waals surface area contributed by atoms with Gasteiger partial charge >= 0.3 is 0 Å². The highest BCUT2D eigenvalue weighted by molar-refractivity contribution is 5.96. The maximum Gasteiger partial charge on any atom is 0.163 e. The first-order valence-corrected chi connectivity index (χ1v) is 5.08. The molecule has 1 saturated carbocycles. The Kier molecular flexibility index (Phi) is 2.53. The molecule has 0 aromatic heterocycles. The standard InChI is InChI=1S/C12H14O2/c13-11-6-4-10(5-7-11)12(14)8-9-2-1-3-9/h4-7,9,13H,1-3,8H2. The fourth-order valence-corrected chi connectivity index (χ4v) is 1.72. The minimum atomic E-state index is 0.203. The highest BCUT2D eigenvalue weighted by atomic mass is 16.3. The van der Waals surface area contributed by atoms with Gasteiger partial charge in [-0.25, -0.2) is 0 Å². The third-order valence-corrected chi connectivity index (χ3v) is 2.89. The molecule has 74 valence electrons. The van der Waals surface area contributed by atoms with Gasteiger partial charge < -0.3 is 5.11 Å². The van der Waals surface area contributed by atoms with Gasteiger partial charge in [0.05, 0.1) is 0 Å². The molecule has 0 atom stereocenters. The number of hydrogen-bond donors (Lipinski definition) is 1. The molecule has 0 heterocycles. The van der Waals surface area contributed by atoms with Gasteiger partial charge in [0.1, 0.15) is 5.75 Å². The van der Waals surface area contributed by atoms with Crippen LogP contribution in [0, 0.1) is 5.92 Å². The van der Waals surface area contributed by atoms with E-state index in [-0.39, 0.29) is 11.5 Å². The Morgan fingerprint density at radius 2 is 1.93 bits per heavy atom. The van der Waals surface area contributed by atoms with Crippen LogP contribution in [0.5, 0.6) is 5.75 Å². The molecule has 1 aromatic carbocycles. The molecule has 2 nitrogen and oxygen atoms in total. The molecule has 1 aliphatic rings. The molecular formula is C12H14O2. The van der Waals surface area contributed by atoms with Gasteiger partial charge in [-0.3, -0.25) is 4.79 Å². The summed E-state index contributed by atoms with van der Waals surface area (Å²) in [5, 5.41) is 9.07. The van der Waals surface area contributed by atoms with Gasteiger partial charge in [0, 0.05) is 12.0 Å². The van der Waals surface area contributed by atoms with Gasteiger partial charge in [-0.2, -0.15) is 0 Å². The lowest BCUT2D eigenvalue weighted by Crippen LogP contribution is -2.15. The summed E-state index contributed by atoms with van der Waals surface area (Å²) in [6, 6.07) is 6.51. The van der Waals surface area contributed by atoms with E-state index in [0.29, 0.717) is 12.3 Å². The lowest BCUT2D eigenvalue weighted by atomic mass is 9.81. The SMILES string of the molecule is O=C(CC1CCC1)c1ccc(O)cc1. The van der Waals surface area contributed by atoms with Crippen molar-refractivity contribution in [2.24, 2.45) is 5.92 Å². The number of carbonyl (C=O) groups excluding carboxylic acids is 1. The van der Waals surface area contributed by atoms with E-state index in [2.05, 4.69) is 0 Å². The average molecular weight is 190 g/mol. The normalized spacial score (nSPS) is 16.3. The van der Waals surface area contributed by atoms with Crippen LogP contribution in [0.4, 0.5) is 0 Å². The molecule has 1 aliphatic carbocycles. The maximum absolute atomic E-state index is 11.7. The second-order valence-electron chi connectivity index (χ2n) is 3.97. The zero-order valence-electron chi connectivity index (χ0n) is 8.07. The zero-order valence-corrected chi connectivity index (χ0v) is 8.07. The molecular weight excluding hydrogens is 176 g/mol. The van der Waals surface area contributed by atoms with Crippen molar-refractivity contribution in [1.29, 1.82) is 0 Å². The summed E-state index contributed by atoms with van der Waals surface area (Å²) in [7, 11) is 0. The monoisotopic (exact) mass is 190 g/mol. The van der Waals surface area contributed by atoms with Crippen LogP contribution in [0.15, 0.2) is 24.3 Å². The molecule has 0 unspecified atom stereocenters. The molecule has 2 heteroatoms. The lowest BCUT2D eigenvalue weighted by Gasteiger charge is -2.24. The molecule has 2 rings (SSSR count). The first kappa shape index (κ1) is 9.25. The molecule has 14 heavy (non-hydrogen) atoms. The van der Waals surface area contributed by atoms with Crippen LogP contribution in [0.2, 0.25) is 0 Å². The number of carbonyl (C=O) groups is 1. The van der Waals surface area contributed by atoms with E-state index in [0.717, 1.165) is 5.56 Å². The number of hydrogen-bond acceptors (Lipinski definition) is 2. The van der Waals surface area contributed by atoms with Crippen molar-refractivity contribution in [3.8, 4) is 5.75 Å². The number of rotatable bonds is 3. The number of phenolic OH excluding ortho intramolecular Hbond substituents is 1. The van der Waals surface area contributed by atoms with Crippen molar-refractivity contribution in [2.45, 2.75) is 25.7 Å². The Balaban J connectivity index is 1.99. The van der Waals surface area contributed by atoms with E-state index in [1.54, 1.807) is 24.3 Å². The minimum Gasteiger partial charge on any atom is -0.508 e. The fraction of sp³-hybridized carbons (Fsp3) is 0.417. The molecule has 0 bridgehead atoms. The van der Waals surface area contributed by atoms with Crippen LogP contribution in [-0.4, -0.2) is 10.9 Å². The number of Topliss-reactive ketones (excluding diaryl/α,β-unsaturated/α-hetero) is 1. The maximum atomic E-state index is 11.7. The van der Waals surface area contributed by atoms with Crippen molar-refractivity contribution in [2.75, 3.05) is 0 Å². The van der Waals surface area contributed by atoms with Gasteiger partial charge in [-0.05, 0) is 30.2 Å². The van der Waals surface area contributed by atoms with Crippen LogP contribution >= 0.6 is 0 Å². The molecule has 0 saturated heterocycles. The molecule has 1 fully saturated rings. The van der Waals surface area contributed by atoms with Gasteiger partial charge in [0.25, 0.3) is 0 Å². The number of benzene rings is 1. The Hall–Kier alpha value is -1.31. The average Bonchev–Trinajstić information content (AvgIpc) is 2.12. The highest BCUT2D eigenvalue weighted by Gasteiger charge is 2.21. The number of ketones is 1. The highest BCUT2D eigenvalue weighted by Crippen LogP contribution is 2.30. The summed E-state index contributed by atoms with van der Waals surface area (Å²) in [6.45, 7) is 0. The molecule has 0 amide bonds. The third kappa shape index (κ3) is 1.95. The van der Waals surface area contributed by atoms with Crippen molar-refractivity contribution >= 4 is 5.78 Å². The van der Waals surface area contributed by atoms with Crippen LogP contribution < -0.4 is 0 Å². The first-order valence-electron chi connectivity index (χ1n) is 5.08. The summed E-state index contributed by atoms with van der Waals surface area (Å²) in [5.41, 5.74) is 0.717. The lowest BCUT2D eigenvalue weighted by molar-refractivity contribution is 0.0936. The van der Waals surface area contributed by atoms with Crippen LogP contribution in [0.1, 0.15) is 36.0 Å². The van der Waals surface area contributed by atoms with E-state index in [9.17, 15) is 4.79 Å². The topological polar surface area (TPSA) is 37.3 Å². The van der Waals surface area contributed by atoms with Crippen molar-refractivity contribution < 1.29 is 9.90 Å². The summed E-state index contributed by atoms with van der Waals surface area (Å²) >= 11 is 0. The van der Waals surface area contributed by atoms with E-state index >= 15 is 0 Å². The largest absolute Gasteiger partial charge is 0.508 e. The Labute approximate surface area is 83.6 Å². The number of phenols is 1. The first-order chi connectivity index (χ1) is 6.75. The zero-order chi connectivity index (χ0) is 9.97. The smallest absolute Gasteiger partial charge is 0.163 e. The Bertz CT molecular complexity index is 323. The Morgan fingerprint density at radius 1 is 1.29 bits per heavy atom. The summed E-state index contributed by atoms with van der Waals surface area (Å²) in [6.07, 6.45) is 4.34. The molecule has 0 aliphatic heterocycles. The fourth-order valence-electron chi connectivity index (χ4n) is 1.72. The second kappa shape index (κ2) is 3.82. The van der Waals surface area contributed by atoms with E-state index in [4.69, 9.17) is 5.11 Å². The van der Waals surface area contributed by atoms with Gasteiger partial charge in [0.15, 0.2) is 5.78 Å². The molecule has 1 aromatic rings. The van der Waals surface area contributed by atoms with Crippen LogP contribution in [0.3, 0.4) is 0 Å². The van der Waals surface area contributed by atoms with E-state index in [1.807, 2.05) is 0 Å². The van der Waals surface area contributed by atoms with Crippen LogP contribution in [-0.2, 0) is 0 Å². The second-order valence-corrected chi connectivity index (χ2v) is 3.97. The quantitative estimate of drug-likeness (QED) is 0.744. The van der Waals surface area contributed by atoms with Gasteiger partial charge in [-0.1, -0.05) is 19.3 Å². The summed E-state index contributed by atoms with van der Waals surface area (Å²) in [4.78, 5) is 11.7. The van der Waals surface area contributed by atoms with Gasteiger partial charge in [0.2, 0.25) is 0 Å². The number of aromatic hydroxyl groups is 1. The minimum absolute atomic E-state index is 0.203. The Morgan fingerprint density at radius 3 is 2.43 bits per heavy atom. The predicted molar refractivity (Wildman–Crippen MR) is 54.4 cm³/mol. The van der Waals surface area contributed by atoms with E-state index in [1.165, 1.54) is 19.3 Å². The van der Waals surface area contributed by atoms with Crippen molar-refractivity contribution in [3.63, 3.8) is 0 Å². The van der Waals surface area contributed by atoms with Crippen LogP contribution in [0.25, 0.3) is 0 Å².